The van der Waals surface area contributed by atoms with Gasteiger partial charge >= 0.3 is 6.18 Å². The fourth-order valence-electron chi connectivity index (χ4n) is 4.19. The summed E-state index contributed by atoms with van der Waals surface area (Å²) in [7, 11) is 0. The molecular formula is C23H18ClF5N2O2S. The first kappa shape index (κ1) is 23.4. The number of amides is 1. The van der Waals surface area contributed by atoms with Crippen molar-refractivity contribution in [2.75, 3.05) is 24.6 Å². The SMILES string of the molecule is O=C(C1CSC1)N1CC(F)(c2ccc(C3=CC(c4ccc(F)c(Cl)c4)(C(F)(F)F)ON3)cc2)C1. The summed E-state index contributed by atoms with van der Waals surface area (Å²) in [6, 6.07) is 8.60. The Kier molecular flexibility index (Phi) is 5.61. The van der Waals surface area contributed by atoms with Gasteiger partial charge in [-0.25, -0.2) is 8.78 Å². The van der Waals surface area contributed by atoms with Gasteiger partial charge in [0.05, 0.1) is 29.7 Å². The topological polar surface area (TPSA) is 41.6 Å². The van der Waals surface area contributed by atoms with E-state index in [0.29, 0.717) is 11.1 Å². The highest BCUT2D eigenvalue weighted by molar-refractivity contribution is 8.00. The van der Waals surface area contributed by atoms with Gasteiger partial charge in [0.1, 0.15) is 5.82 Å². The molecule has 1 atom stereocenters. The van der Waals surface area contributed by atoms with Gasteiger partial charge < -0.3 is 4.90 Å². The van der Waals surface area contributed by atoms with Crippen LogP contribution >= 0.6 is 23.4 Å². The molecule has 3 aliphatic heterocycles. The summed E-state index contributed by atoms with van der Waals surface area (Å²) in [5, 5.41) is -0.465. The number of nitrogens with one attached hydrogen (secondary N) is 1. The highest BCUT2D eigenvalue weighted by Crippen LogP contribution is 2.48. The lowest BCUT2D eigenvalue weighted by Gasteiger charge is -2.46. The van der Waals surface area contributed by atoms with Crippen LogP contribution in [0.3, 0.4) is 0 Å². The lowest BCUT2D eigenvalue weighted by molar-refractivity contribution is -0.269. The van der Waals surface area contributed by atoms with Gasteiger partial charge in [-0.3, -0.25) is 15.1 Å². The minimum atomic E-state index is -4.88. The van der Waals surface area contributed by atoms with Crippen molar-refractivity contribution in [2.24, 2.45) is 5.92 Å². The monoisotopic (exact) mass is 516 g/mol. The second-order valence-electron chi connectivity index (χ2n) is 8.60. The zero-order valence-electron chi connectivity index (χ0n) is 17.5. The van der Waals surface area contributed by atoms with Gasteiger partial charge in [-0.05, 0) is 29.3 Å². The highest BCUT2D eigenvalue weighted by Gasteiger charge is 2.59. The second kappa shape index (κ2) is 8.13. The lowest BCUT2D eigenvalue weighted by atomic mass is 9.86. The number of halogens is 6. The van der Waals surface area contributed by atoms with Gasteiger partial charge in [0.25, 0.3) is 0 Å². The van der Waals surface area contributed by atoms with Crippen molar-refractivity contribution in [3.05, 3.63) is 76.1 Å². The number of rotatable bonds is 4. The Bertz CT molecular complexity index is 1160. The standard InChI is InChI=1S/C23H18ClF5N2O2S/c24-17-7-16(5-6-18(17)25)22(23(27,28)29)8-19(30-33-22)13-1-3-15(4-2-13)21(26)11-31(12-21)20(32)14-9-34-10-14/h1-8,14,30H,9-12H2. The first-order valence-corrected chi connectivity index (χ1v) is 11.9. The Morgan fingerprint density at radius 3 is 2.32 bits per heavy atom. The molecule has 2 aromatic rings. The smallest absolute Gasteiger partial charge is 0.335 e. The summed E-state index contributed by atoms with van der Waals surface area (Å²) < 4.78 is 70.9. The van der Waals surface area contributed by atoms with Crippen molar-refractivity contribution in [1.82, 2.24) is 10.4 Å². The van der Waals surface area contributed by atoms with E-state index < -0.39 is 33.8 Å². The molecule has 2 aromatic carbocycles. The number of nitrogens with zero attached hydrogens (tertiary/aromatic N) is 1. The average molecular weight is 517 g/mol. The van der Waals surface area contributed by atoms with E-state index in [1.807, 2.05) is 0 Å². The van der Waals surface area contributed by atoms with E-state index in [0.717, 1.165) is 35.8 Å². The molecule has 1 amide bonds. The molecule has 0 radical (unpaired) electrons. The first-order chi connectivity index (χ1) is 16.0. The summed E-state index contributed by atoms with van der Waals surface area (Å²) >= 11 is 7.38. The molecule has 0 aromatic heterocycles. The van der Waals surface area contributed by atoms with Crippen LogP contribution in [0.1, 0.15) is 16.7 Å². The van der Waals surface area contributed by atoms with Crippen LogP contribution in [0.4, 0.5) is 22.0 Å². The molecule has 34 heavy (non-hydrogen) atoms. The largest absolute Gasteiger partial charge is 0.428 e. The molecular weight excluding hydrogens is 499 g/mol. The van der Waals surface area contributed by atoms with Crippen molar-refractivity contribution in [3.8, 4) is 0 Å². The third-order valence-corrected chi connectivity index (χ3v) is 7.90. The Morgan fingerprint density at radius 1 is 1.12 bits per heavy atom. The Balaban J connectivity index is 1.37. The predicted molar refractivity (Wildman–Crippen MR) is 118 cm³/mol. The first-order valence-electron chi connectivity index (χ1n) is 10.4. The number of likely N-dealkylation sites (tertiary alicyclic amines) is 1. The fraction of sp³-hybridized carbons (Fsp3) is 0.348. The zero-order valence-corrected chi connectivity index (χ0v) is 19.0. The van der Waals surface area contributed by atoms with Gasteiger partial charge in [-0.15, -0.1) is 0 Å². The van der Waals surface area contributed by atoms with E-state index in [1.165, 1.54) is 29.2 Å². The number of carbonyl (C=O) groups is 1. The summed E-state index contributed by atoms with van der Waals surface area (Å²) in [6.45, 7) is -0.0855. The van der Waals surface area contributed by atoms with Crippen LogP contribution in [0.2, 0.25) is 5.02 Å². The van der Waals surface area contributed by atoms with Gasteiger partial charge in [-0.1, -0.05) is 41.9 Å². The molecule has 3 heterocycles. The minimum Gasteiger partial charge on any atom is -0.335 e. The molecule has 2 saturated heterocycles. The summed E-state index contributed by atoms with van der Waals surface area (Å²) in [5.41, 5.74) is -1.97. The number of hydrogen-bond donors (Lipinski definition) is 1. The highest BCUT2D eigenvalue weighted by atomic mass is 35.5. The maximum atomic E-state index is 15.3. The van der Waals surface area contributed by atoms with Gasteiger partial charge in [0, 0.05) is 17.1 Å². The summed E-state index contributed by atoms with van der Waals surface area (Å²) in [6.07, 6.45) is -4.04. The lowest BCUT2D eigenvalue weighted by Crippen LogP contribution is -2.61. The van der Waals surface area contributed by atoms with E-state index in [1.54, 1.807) is 11.8 Å². The summed E-state index contributed by atoms with van der Waals surface area (Å²) in [5.74, 6) is 0.595. The molecule has 5 rings (SSSR count). The van der Waals surface area contributed by atoms with Crippen molar-refractivity contribution in [2.45, 2.75) is 17.4 Å². The van der Waals surface area contributed by atoms with Crippen LogP contribution in [0, 0.1) is 11.7 Å². The van der Waals surface area contributed by atoms with Crippen LogP contribution in [-0.2, 0) is 20.9 Å². The van der Waals surface area contributed by atoms with E-state index in [-0.39, 0.29) is 30.6 Å². The number of carbonyl (C=O) groups excluding carboxylic acids is 1. The van der Waals surface area contributed by atoms with Crippen molar-refractivity contribution in [3.63, 3.8) is 0 Å². The molecule has 2 fully saturated rings. The maximum absolute atomic E-state index is 15.3. The summed E-state index contributed by atoms with van der Waals surface area (Å²) in [4.78, 5) is 18.7. The molecule has 3 aliphatic rings. The van der Waals surface area contributed by atoms with E-state index in [9.17, 15) is 22.4 Å². The second-order valence-corrected chi connectivity index (χ2v) is 10.1. The third kappa shape index (κ3) is 3.76. The molecule has 1 unspecified atom stereocenters. The van der Waals surface area contributed by atoms with Crippen LogP contribution in [0.25, 0.3) is 5.70 Å². The molecule has 0 bridgehead atoms. The van der Waals surface area contributed by atoms with Crippen LogP contribution in [0.5, 0.6) is 0 Å². The number of hydrogen-bond acceptors (Lipinski definition) is 4. The number of hydroxylamine groups is 1. The van der Waals surface area contributed by atoms with Gasteiger partial charge in [0.15, 0.2) is 5.67 Å². The fourth-order valence-corrected chi connectivity index (χ4v) is 5.13. The Morgan fingerprint density at radius 2 is 1.76 bits per heavy atom. The van der Waals surface area contributed by atoms with Crippen molar-refractivity contribution < 1.29 is 31.6 Å². The van der Waals surface area contributed by atoms with Crippen LogP contribution < -0.4 is 5.48 Å². The molecule has 1 N–H and O–H groups in total. The third-order valence-electron chi connectivity index (χ3n) is 6.33. The van der Waals surface area contributed by atoms with Crippen molar-refractivity contribution >= 4 is 35.0 Å². The number of thioether (sulfide) groups is 1. The average Bonchev–Trinajstić information content (AvgIpc) is 3.19. The molecule has 0 spiro atoms. The minimum absolute atomic E-state index is 0.0186. The predicted octanol–water partition coefficient (Wildman–Crippen LogP) is 5.18. The van der Waals surface area contributed by atoms with Gasteiger partial charge in [0.2, 0.25) is 11.5 Å². The zero-order chi connectivity index (χ0) is 24.3. The maximum Gasteiger partial charge on any atom is 0.428 e. The molecule has 0 saturated carbocycles. The normalized spacial score (nSPS) is 24.2. The Labute approximate surface area is 201 Å². The van der Waals surface area contributed by atoms with E-state index >= 15 is 4.39 Å². The van der Waals surface area contributed by atoms with Crippen molar-refractivity contribution in [1.29, 1.82) is 0 Å². The van der Waals surface area contributed by atoms with Crippen LogP contribution in [-0.4, -0.2) is 41.6 Å². The van der Waals surface area contributed by atoms with E-state index in [2.05, 4.69) is 5.48 Å². The van der Waals surface area contributed by atoms with Gasteiger partial charge in [-0.2, -0.15) is 24.9 Å². The Hall–Kier alpha value is -2.30. The number of alkyl halides is 4. The molecule has 180 valence electrons. The number of benzene rings is 2. The molecule has 0 aliphatic carbocycles. The quantitative estimate of drug-likeness (QED) is 0.569. The van der Waals surface area contributed by atoms with Crippen LogP contribution in [0.15, 0.2) is 48.5 Å². The molecule has 11 heteroatoms. The molecule has 4 nitrogen and oxygen atoms in total. The van der Waals surface area contributed by atoms with E-state index in [4.69, 9.17) is 16.4 Å².